The fraction of sp³-hybridized carbons (Fsp3) is 0.296. The predicted molar refractivity (Wildman–Crippen MR) is 135 cm³/mol. The molecule has 3 aromatic carbocycles. The van der Waals surface area contributed by atoms with Gasteiger partial charge in [-0.15, -0.1) is 0 Å². The van der Waals surface area contributed by atoms with Gasteiger partial charge in [0.05, 0.1) is 4.90 Å². The van der Waals surface area contributed by atoms with Crippen molar-refractivity contribution in [3.05, 3.63) is 95.1 Å². The minimum atomic E-state index is -3.68. The second-order valence-corrected chi connectivity index (χ2v) is 10.5. The van der Waals surface area contributed by atoms with Gasteiger partial charge in [0.25, 0.3) is 5.91 Å². The topological polar surface area (TPSA) is 69.7 Å². The maximum absolute atomic E-state index is 13.3. The number of carbonyl (C=O) groups is 1. The molecule has 1 fully saturated rings. The summed E-state index contributed by atoms with van der Waals surface area (Å²) in [7, 11) is -3.68. The molecule has 1 saturated heterocycles. The third-order valence-electron chi connectivity index (χ3n) is 6.29. The summed E-state index contributed by atoms with van der Waals surface area (Å²) in [6.07, 6.45) is 0.794. The lowest BCUT2D eigenvalue weighted by molar-refractivity contribution is 0.102. The average Bonchev–Trinajstić information content (AvgIpc) is 2.86. The van der Waals surface area contributed by atoms with Crippen LogP contribution in [0.1, 0.15) is 34.0 Å². The first kappa shape index (κ1) is 24.1. The molecule has 0 radical (unpaired) electrons. The molecule has 0 aromatic heterocycles. The molecule has 0 unspecified atom stereocenters. The van der Waals surface area contributed by atoms with Crippen molar-refractivity contribution in [1.82, 2.24) is 9.21 Å². The summed E-state index contributed by atoms with van der Waals surface area (Å²) in [5.74, 6) is -0.311. The largest absolute Gasteiger partial charge is 0.321 e. The summed E-state index contributed by atoms with van der Waals surface area (Å²) in [4.78, 5) is 15.4. The lowest BCUT2D eigenvalue weighted by Crippen LogP contribution is -2.48. The van der Waals surface area contributed by atoms with Crippen LogP contribution in [0.15, 0.2) is 77.7 Å². The van der Waals surface area contributed by atoms with Gasteiger partial charge < -0.3 is 5.32 Å². The number of hydrogen-bond donors (Lipinski definition) is 1. The van der Waals surface area contributed by atoms with E-state index in [4.69, 9.17) is 0 Å². The minimum Gasteiger partial charge on any atom is -0.321 e. The molecule has 4 rings (SSSR count). The molecule has 0 aliphatic carbocycles. The van der Waals surface area contributed by atoms with Crippen molar-refractivity contribution in [3.8, 4) is 0 Å². The highest BCUT2D eigenvalue weighted by Crippen LogP contribution is 2.24. The van der Waals surface area contributed by atoms with Crippen molar-refractivity contribution < 1.29 is 13.2 Å². The molecule has 1 heterocycles. The summed E-state index contributed by atoms with van der Waals surface area (Å²) in [5.41, 5.74) is 4.36. The van der Waals surface area contributed by atoms with Crippen LogP contribution in [-0.2, 0) is 23.0 Å². The van der Waals surface area contributed by atoms with Crippen molar-refractivity contribution in [2.24, 2.45) is 0 Å². The van der Waals surface area contributed by atoms with E-state index < -0.39 is 10.0 Å². The summed E-state index contributed by atoms with van der Waals surface area (Å²) in [6, 6.07) is 22.4. The number of hydrogen-bond acceptors (Lipinski definition) is 4. The van der Waals surface area contributed by atoms with E-state index in [0.717, 1.165) is 29.8 Å². The second kappa shape index (κ2) is 10.5. The number of carbonyl (C=O) groups excluding carboxylic acids is 1. The first-order valence-electron chi connectivity index (χ1n) is 11.6. The Morgan fingerprint density at radius 2 is 1.62 bits per heavy atom. The van der Waals surface area contributed by atoms with E-state index in [1.54, 1.807) is 18.2 Å². The number of piperazine rings is 1. The average molecular weight is 478 g/mol. The quantitative estimate of drug-likeness (QED) is 0.550. The van der Waals surface area contributed by atoms with E-state index in [9.17, 15) is 13.2 Å². The van der Waals surface area contributed by atoms with Crippen molar-refractivity contribution >= 4 is 21.6 Å². The molecule has 1 aliphatic heterocycles. The molecule has 0 spiro atoms. The molecule has 34 heavy (non-hydrogen) atoms. The van der Waals surface area contributed by atoms with Crippen molar-refractivity contribution in [2.75, 3.05) is 31.5 Å². The lowest BCUT2D eigenvalue weighted by Gasteiger charge is -2.34. The first-order valence-corrected chi connectivity index (χ1v) is 13.1. The number of benzene rings is 3. The van der Waals surface area contributed by atoms with Gasteiger partial charge in [-0.1, -0.05) is 61.5 Å². The van der Waals surface area contributed by atoms with E-state index >= 15 is 0 Å². The Bertz CT molecular complexity index is 1250. The van der Waals surface area contributed by atoms with E-state index in [2.05, 4.69) is 22.3 Å². The maximum Gasteiger partial charge on any atom is 0.255 e. The van der Waals surface area contributed by atoms with Gasteiger partial charge >= 0.3 is 0 Å². The highest BCUT2D eigenvalue weighted by molar-refractivity contribution is 7.89. The zero-order valence-corrected chi connectivity index (χ0v) is 20.5. The summed E-state index contributed by atoms with van der Waals surface area (Å²) in [6.45, 7) is 6.99. The molecule has 0 saturated carbocycles. The lowest BCUT2D eigenvalue weighted by atomic mass is 10.1. The third kappa shape index (κ3) is 5.38. The number of nitrogens with zero attached hydrogens (tertiary/aromatic N) is 2. The highest BCUT2D eigenvalue weighted by Gasteiger charge is 2.29. The van der Waals surface area contributed by atoms with Crippen LogP contribution in [0.5, 0.6) is 0 Å². The number of para-hydroxylation sites is 1. The van der Waals surface area contributed by atoms with Gasteiger partial charge in [0.15, 0.2) is 0 Å². The fourth-order valence-electron chi connectivity index (χ4n) is 4.30. The van der Waals surface area contributed by atoms with Crippen molar-refractivity contribution in [1.29, 1.82) is 0 Å². The Balaban J connectivity index is 1.45. The normalized spacial score (nSPS) is 15.2. The van der Waals surface area contributed by atoms with Gasteiger partial charge in [0.1, 0.15) is 0 Å². The SMILES string of the molecule is CCc1cccc(C)c1NC(=O)c1cccc(S(=O)(=O)N2CCN(Cc3ccccc3)CC2)c1. The summed E-state index contributed by atoms with van der Waals surface area (Å²) in [5, 5.41) is 2.98. The zero-order chi connectivity index (χ0) is 24.1. The molecule has 1 aliphatic rings. The monoisotopic (exact) mass is 477 g/mol. The molecule has 0 bridgehead atoms. The van der Waals surface area contributed by atoms with Gasteiger partial charge in [-0.05, 0) is 48.2 Å². The van der Waals surface area contributed by atoms with Crippen LogP contribution in [0.3, 0.4) is 0 Å². The molecular formula is C27H31N3O3S. The van der Waals surface area contributed by atoms with E-state index in [0.29, 0.717) is 31.7 Å². The van der Waals surface area contributed by atoms with Crippen molar-refractivity contribution in [2.45, 2.75) is 31.7 Å². The fourth-order valence-corrected chi connectivity index (χ4v) is 5.77. The molecular weight excluding hydrogens is 446 g/mol. The number of amides is 1. The highest BCUT2D eigenvalue weighted by atomic mass is 32.2. The van der Waals surface area contributed by atoms with Gasteiger partial charge in [0.2, 0.25) is 10.0 Å². The van der Waals surface area contributed by atoms with Crippen LogP contribution < -0.4 is 5.32 Å². The summed E-state index contributed by atoms with van der Waals surface area (Å²) >= 11 is 0. The van der Waals surface area contributed by atoms with Gasteiger partial charge in [0, 0.05) is 44.0 Å². The second-order valence-electron chi connectivity index (χ2n) is 8.61. The Kier molecular flexibility index (Phi) is 7.46. The Morgan fingerprint density at radius 1 is 0.912 bits per heavy atom. The molecule has 1 N–H and O–H groups in total. The summed E-state index contributed by atoms with van der Waals surface area (Å²) < 4.78 is 28.1. The Hall–Kier alpha value is -3.00. The van der Waals surface area contributed by atoms with Crippen molar-refractivity contribution in [3.63, 3.8) is 0 Å². The van der Waals surface area contributed by atoms with Crippen LogP contribution >= 0.6 is 0 Å². The van der Waals surface area contributed by atoms with Crippen LogP contribution in [0, 0.1) is 6.92 Å². The van der Waals surface area contributed by atoms with E-state index in [1.165, 1.54) is 15.9 Å². The molecule has 3 aromatic rings. The zero-order valence-electron chi connectivity index (χ0n) is 19.7. The van der Waals surface area contributed by atoms with Crippen LogP contribution in [0.25, 0.3) is 0 Å². The Morgan fingerprint density at radius 3 is 2.32 bits per heavy atom. The molecule has 178 valence electrons. The van der Waals surface area contributed by atoms with Gasteiger partial charge in [-0.25, -0.2) is 8.42 Å². The first-order chi connectivity index (χ1) is 16.4. The number of rotatable bonds is 7. The molecule has 1 amide bonds. The minimum absolute atomic E-state index is 0.150. The molecule has 7 heteroatoms. The third-order valence-corrected chi connectivity index (χ3v) is 8.19. The maximum atomic E-state index is 13.3. The van der Waals surface area contributed by atoms with Gasteiger partial charge in [-0.2, -0.15) is 4.31 Å². The van der Waals surface area contributed by atoms with Crippen LogP contribution in [0.2, 0.25) is 0 Å². The number of nitrogens with one attached hydrogen (secondary N) is 1. The molecule has 0 atom stereocenters. The van der Waals surface area contributed by atoms with Crippen LogP contribution in [-0.4, -0.2) is 49.7 Å². The predicted octanol–water partition coefficient (Wildman–Crippen LogP) is 4.32. The number of aryl methyl sites for hydroxylation is 2. The van der Waals surface area contributed by atoms with Crippen LogP contribution in [0.4, 0.5) is 5.69 Å². The molecule has 6 nitrogen and oxygen atoms in total. The standard InChI is InChI=1S/C27H31N3O3S/c1-3-23-12-7-9-21(2)26(23)28-27(31)24-13-8-14-25(19-24)34(32,33)30-17-15-29(16-18-30)20-22-10-5-4-6-11-22/h4-14,19H,3,15-18,20H2,1-2H3,(H,28,31). The Labute approximate surface area is 202 Å². The van der Waals surface area contributed by atoms with Gasteiger partial charge in [-0.3, -0.25) is 9.69 Å². The smallest absolute Gasteiger partial charge is 0.255 e. The van der Waals surface area contributed by atoms with E-state index in [1.807, 2.05) is 50.2 Å². The number of anilines is 1. The number of sulfonamides is 1. The van der Waals surface area contributed by atoms with E-state index in [-0.39, 0.29) is 10.8 Å².